The molecule has 72 valence electrons. The van der Waals surface area contributed by atoms with Gasteiger partial charge in [0.05, 0.1) is 7.11 Å². The third-order valence-corrected chi connectivity index (χ3v) is 1.91. The van der Waals surface area contributed by atoms with Crippen molar-refractivity contribution in [3.8, 4) is 5.88 Å². The largest absolute Gasteiger partial charge is 0.481 e. The monoisotopic (exact) mass is 201 g/mol. The lowest BCUT2D eigenvalue weighted by Crippen LogP contribution is -1.96. The number of halogens is 1. The second kappa shape index (κ2) is 5.04. The smallest absolute Gasteiger partial charge is 0.217 e. The van der Waals surface area contributed by atoms with E-state index in [1.54, 1.807) is 13.2 Å². The Morgan fingerprint density at radius 2 is 2.31 bits per heavy atom. The Morgan fingerprint density at radius 3 is 2.92 bits per heavy atom. The van der Waals surface area contributed by atoms with E-state index in [0.29, 0.717) is 17.5 Å². The quantitative estimate of drug-likeness (QED) is 0.754. The fourth-order valence-electron chi connectivity index (χ4n) is 1.08. The van der Waals surface area contributed by atoms with Crippen LogP contribution in [0.25, 0.3) is 0 Å². The summed E-state index contributed by atoms with van der Waals surface area (Å²) in [4.78, 5) is 4.01. The molecule has 1 aromatic rings. The van der Waals surface area contributed by atoms with Gasteiger partial charge in [0.25, 0.3) is 0 Å². The van der Waals surface area contributed by atoms with Crippen LogP contribution in [0.1, 0.15) is 12.0 Å². The summed E-state index contributed by atoms with van der Waals surface area (Å²) in [5, 5.41) is 9.08. The molecule has 0 amide bonds. The Bertz CT molecular complexity index is 278. The van der Waals surface area contributed by atoms with Crippen LogP contribution in [0.2, 0.25) is 5.15 Å². The van der Waals surface area contributed by atoms with Gasteiger partial charge in [-0.15, -0.1) is 0 Å². The van der Waals surface area contributed by atoms with E-state index in [1.165, 1.54) is 0 Å². The Labute approximate surface area is 82.3 Å². The average Bonchev–Trinajstić information content (AvgIpc) is 2.16. The average molecular weight is 202 g/mol. The highest BCUT2D eigenvalue weighted by molar-refractivity contribution is 6.29. The summed E-state index contributed by atoms with van der Waals surface area (Å²) in [5.41, 5.74) is 0.973. The first-order chi connectivity index (χ1) is 6.27. The van der Waals surface area contributed by atoms with E-state index in [1.807, 2.05) is 6.07 Å². The molecule has 0 atom stereocenters. The van der Waals surface area contributed by atoms with Gasteiger partial charge in [-0.25, -0.2) is 4.98 Å². The van der Waals surface area contributed by atoms with E-state index in [4.69, 9.17) is 21.4 Å². The highest BCUT2D eigenvalue weighted by Gasteiger charge is 2.04. The van der Waals surface area contributed by atoms with E-state index < -0.39 is 0 Å². The van der Waals surface area contributed by atoms with Crippen molar-refractivity contribution in [3.05, 3.63) is 22.8 Å². The standard InChI is InChI=1S/C9H12ClNO2/c1-13-9-7(3-2-6-12)4-5-8(10)11-9/h4-5,12H,2-3,6H2,1H3. The molecule has 1 N–H and O–H groups in total. The fraction of sp³-hybridized carbons (Fsp3) is 0.444. The van der Waals surface area contributed by atoms with Crippen LogP contribution in [0, 0.1) is 0 Å². The molecular formula is C9H12ClNO2. The molecule has 0 saturated carbocycles. The Kier molecular flexibility index (Phi) is 3.99. The van der Waals surface area contributed by atoms with Gasteiger partial charge in [0, 0.05) is 12.2 Å². The number of methoxy groups -OCH3 is 1. The maximum absolute atomic E-state index is 8.66. The van der Waals surface area contributed by atoms with Gasteiger partial charge in [0.15, 0.2) is 0 Å². The molecule has 0 aliphatic rings. The highest BCUT2D eigenvalue weighted by atomic mass is 35.5. The maximum atomic E-state index is 8.66. The molecule has 0 radical (unpaired) electrons. The minimum atomic E-state index is 0.172. The van der Waals surface area contributed by atoms with Gasteiger partial charge in [-0.1, -0.05) is 17.7 Å². The molecule has 0 saturated heterocycles. The lowest BCUT2D eigenvalue weighted by atomic mass is 10.1. The van der Waals surface area contributed by atoms with Crippen LogP contribution in [0.3, 0.4) is 0 Å². The second-order valence-electron chi connectivity index (χ2n) is 2.63. The zero-order valence-corrected chi connectivity index (χ0v) is 8.21. The zero-order chi connectivity index (χ0) is 9.68. The number of hydrogen-bond acceptors (Lipinski definition) is 3. The fourth-order valence-corrected chi connectivity index (χ4v) is 1.22. The lowest BCUT2D eigenvalue weighted by Gasteiger charge is -2.06. The zero-order valence-electron chi connectivity index (χ0n) is 7.46. The predicted molar refractivity (Wildman–Crippen MR) is 51.2 cm³/mol. The van der Waals surface area contributed by atoms with Crippen molar-refractivity contribution < 1.29 is 9.84 Å². The highest BCUT2D eigenvalue weighted by Crippen LogP contribution is 2.19. The van der Waals surface area contributed by atoms with E-state index in [-0.39, 0.29) is 6.61 Å². The van der Waals surface area contributed by atoms with Gasteiger partial charge in [-0.05, 0) is 18.9 Å². The number of nitrogens with zero attached hydrogens (tertiary/aromatic N) is 1. The van der Waals surface area contributed by atoms with E-state index in [9.17, 15) is 0 Å². The van der Waals surface area contributed by atoms with Gasteiger partial charge in [-0.2, -0.15) is 0 Å². The molecule has 0 bridgehead atoms. The molecule has 0 aromatic carbocycles. The van der Waals surface area contributed by atoms with E-state index in [0.717, 1.165) is 12.0 Å². The first kappa shape index (κ1) is 10.3. The van der Waals surface area contributed by atoms with Gasteiger partial charge < -0.3 is 9.84 Å². The number of rotatable bonds is 4. The van der Waals surface area contributed by atoms with Crippen molar-refractivity contribution in [2.45, 2.75) is 12.8 Å². The summed E-state index contributed by atoms with van der Waals surface area (Å²) in [6.07, 6.45) is 1.46. The van der Waals surface area contributed by atoms with Crippen LogP contribution in [0.4, 0.5) is 0 Å². The molecule has 3 nitrogen and oxygen atoms in total. The van der Waals surface area contributed by atoms with Crippen molar-refractivity contribution in [3.63, 3.8) is 0 Å². The van der Waals surface area contributed by atoms with Crippen molar-refractivity contribution >= 4 is 11.6 Å². The number of ether oxygens (including phenoxy) is 1. The third-order valence-electron chi connectivity index (χ3n) is 1.70. The Hall–Kier alpha value is -0.800. The number of pyridine rings is 1. The van der Waals surface area contributed by atoms with Gasteiger partial charge in [0.2, 0.25) is 5.88 Å². The molecule has 0 aliphatic heterocycles. The summed E-state index contributed by atoms with van der Waals surface area (Å²) >= 11 is 5.69. The van der Waals surface area contributed by atoms with Crippen LogP contribution in [-0.4, -0.2) is 23.8 Å². The van der Waals surface area contributed by atoms with Gasteiger partial charge in [-0.3, -0.25) is 0 Å². The lowest BCUT2D eigenvalue weighted by molar-refractivity contribution is 0.287. The Balaban J connectivity index is 2.79. The number of aryl methyl sites for hydroxylation is 1. The molecule has 1 aromatic heterocycles. The van der Waals surface area contributed by atoms with Gasteiger partial charge in [0.1, 0.15) is 5.15 Å². The summed E-state index contributed by atoms with van der Waals surface area (Å²) < 4.78 is 5.05. The molecular weight excluding hydrogens is 190 g/mol. The SMILES string of the molecule is COc1nc(Cl)ccc1CCCO. The number of aliphatic hydroxyl groups is 1. The van der Waals surface area contributed by atoms with E-state index in [2.05, 4.69) is 4.98 Å². The van der Waals surface area contributed by atoms with Crippen LogP contribution in [0.15, 0.2) is 12.1 Å². The number of aromatic nitrogens is 1. The minimum Gasteiger partial charge on any atom is -0.481 e. The molecule has 0 fully saturated rings. The number of aliphatic hydroxyl groups excluding tert-OH is 1. The van der Waals surface area contributed by atoms with Crippen LogP contribution >= 0.6 is 11.6 Å². The van der Waals surface area contributed by atoms with Crippen molar-refractivity contribution in [2.24, 2.45) is 0 Å². The second-order valence-corrected chi connectivity index (χ2v) is 3.02. The number of hydrogen-bond donors (Lipinski definition) is 1. The molecule has 0 spiro atoms. The van der Waals surface area contributed by atoms with Crippen molar-refractivity contribution in [2.75, 3.05) is 13.7 Å². The Morgan fingerprint density at radius 1 is 1.54 bits per heavy atom. The first-order valence-electron chi connectivity index (χ1n) is 4.08. The third kappa shape index (κ3) is 2.86. The molecule has 0 aliphatic carbocycles. The summed E-state index contributed by atoms with van der Waals surface area (Å²) in [6.45, 7) is 0.172. The molecule has 1 rings (SSSR count). The van der Waals surface area contributed by atoms with Gasteiger partial charge >= 0.3 is 0 Å². The molecule has 0 unspecified atom stereocenters. The molecule has 13 heavy (non-hydrogen) atoms. The molecule has 1 heterocycles. The summed E-state index contributed by atoms with van der Waals surface area (Å²) in [7, 11) is 1.56. The van der Waals surface area contributed by atoms with E-state index >= 15 is 0 Å². The topological polar surface area (TPSA) is 42.4 Å². The minimum absolute atomic E-state index is 0.172. The van der Waals surface area contributed by atoms with Crippen LogP contribution in [-0.2, 0) is 6.42 Å². The predicted octanol–water partition coefficient (Wildman–Crippen LogP) is 1.67. The summed E-state index contributed by atoms with van der Waals surface area (Å²) in [5.74, 6) is 0.543. The normalized spacial score (nSPS) is 10.1. The van der Waals surface area contributed by atoms with Crippen LogP contribution in [0.5, 0.6) is 5.88 Å². The first-order valence-corrected chi connectivity index (χ1v) is 4.46. The van der Waals surface area contributed by atoms with Crippen LogP contribution < -0.4 is 4.74 Å². The van der Waals surface area contributed by atoms with Crippen molar-refractivity contribution in [1.29, 1.82) is 0 Å². The maximum Gasteiger partial charge on any atom is 0.217 e. The summed E-state index contributed by atoms with van der Waals surface area (Å²) in [6, 6.07) is 3.58. The molecule has 4 heteroatoms. The van der Waals surface area contributed by atoms with Crippen molar-refractivity contribution in [1.82, 2.24) is 4.98 Å².